The van der Waals surface area contributed by atoms with Crippen LogP contribution in [0.2, 0.25) is 0 Å². The molecular formula is C18H24N4O2. The number of aromatic nitrogens is 3. The van der Waals surface area contributed by atoms with Crippen molar-refractivity contribution in [3.8, 4) is 0 Å². The van der Waals surface area contributed by atoms with E-state index in [9.17, 15) is 4.79 Å². The highest BCUT2D eigenvalue weighted by molar-refractivity contribution is 5.77. The Balaban J connectivity index is 1.68. The number of hydrogen-bond donors (Lipinski definition) is 0. The van der Waals surface area contributed by atoms with Gasteiger partial charge in [-0.05, 0) is 37.5 Å². The average molecular weight is 328 g/mol. The molecule has 2 aromatic rings. The smallest absolute Gasteiger partial charge is 0.248 e. The van der Waals surface area contributed by atoms with Gasteiger partial charge in [0.25, 0.3) is 0 Å². The molecule has 3 heterocycles. The summed E-state index contributed by atoms with van der Waals surface area (Å²) < 4.78 is 7.44. The Bertz CT molecular complexity index is 656. The first kappa shape index (κ1) is 16.6. The monoisotopic (exact) mass is 328 g/mol. The number of hydrogen-bond acceptors (Lipinski definition) is 4. The van der Waals surface area contributed by atoms with Crippen LogP contribution in [0.4, 0.5) is 0 Å². The van der Waals surface area contributed by atoms with Crippen molar-refractivity contribution in [3.63, 3.8) is 0 Å². The fraction of sp³-hybridized carbons (Fsp3) is 0.500. The SMILES string of the molecule is CCOCC(=O)N1CCC[C@@H](c2nccn2Cc2ccncc2)C1. The average Bonchev–Trinajstić information content (AvgIpc) is 3.09. The summed E-state index contributed by atoms with van der Waals surface area (Å²) in [5.41, 5.74) is 1.20. The van der Waals surface area contributed by atoms with Crippen molar-refractivity contribution < 1.29 is 9.53 Å². The number of pyridine rings is 1. The van der Waals surface area contributed by atoms with E-state index < -0.39 is 0 Å². The second kappa shape index (κ2) is 8.06. The van der Waals surface area contributed by atoms with Gasteiger partial charge in [0, 0.05) is 56.9 Å². The van der Waals surface area contributed by atoms with E-state index in [4.69, 9.17) is 4.74 Å². The van der Waals surface area contributed by atoms with E-state index in [0.29, 0.717) is 6.61 Å². The highest BCUT2D eigenvalue weighted by Crippen LogP contribution is 2.26. The van der Waals surface area contributed by atoms with E-state index in [-0.39, 0.29) is 18.4 Å². The molecule has 24 heavy (non-hydrogen) atoms. The van der Waals surface area contributed by atoms with Crippen LogP contribution >= 0.6 is 0 Å². The standard InChI is InChI=1S/C18H24N4O2/c1-2-24-14-17(23)21-10-3-4-16(13-21)18-20-9-11-22(18)12-15-5-7-19-8-6-15/h5-9,11,16H,2-4,10,12-14H2,1H3/t16-/m1/s1. The normalized spacial score (nSPS) is 17.9. The third-order valence-corrected chi connectivity index (χ3v) is 4.42. The van der Waals surface area contributed by atoms with Crippen molar-refractivity contribution in [2.24, 2.45) is 0 Å². The van der Waals surface area contributed by atoms with Gasteiger partial charge in [-0.25, -0.2) is 4.98 Å². The van der Waals surface area contributed by atoms with Crippen LogP contribution < -0.4 is 0 Å². The molecular weight excluding hydrogens is 304 g/mol. The molecule has 0 aliphatic carbocycles. The lowest BCUT2D eigenvalue weighted by molar-refractivity contribution is -0.137. The van der Waals surface area contributed by atoms with E-state index in [1.807, 2.05) is 36.4 Å². The number of likely N-dealkylation sites (tertiary alicyclic amines) is 1. The molecule has 0 aromatic carbocycles. The molecule has 0 unspecified atom stereocenters. The summed E-state index contributed by atoms with van der Waals surface area (Å²) in [6.07, 6.45) is 9.53. The highest BCUT2D eigenvalue weighted by atomic mass is 16.5. The van der Waals surface area contributed by atoms with Gasteiger partial charge < -0.3 is 14.2 Å². The van der Waals surface area contributed by atoms with Gasteiger partial charge in [0.2, 0.25) is 5.91 Å². The Morgan fingerprint density at radius 3 is 2.96 bits per heavy atom. The summed E-state index contributed by atoms with van der Waals surface area (Å²) in [6.45, 7) is 4.96. The zero-order valence-electron chi connectivity index (χ0n) is 14.1. The number of nitrogens with zero attached hydrogens (tertiary/aromatic N) is 4. The van der Waals surface area contributed by atoms with Gasteiger partial charge in [0.1, 0.15) is 12.4 Å². The molecule has 0 spiro atoms. The molecule has 1 aliphatic rings. The Hall–Kier alpha value is -2.21. The fourth-order valence-corrected chi connectivity index (χ4v) is 3.19. The third kappa shape index (κ3) is 4.00. The molecule has 128 valence electrons. The Morgan fingerprint density at radius 1 is 1.33 bits per heavy atom. The van der Waals surface area contributed by atoms with Crippen LogP contribution in [0.3, 0.4) is 0 Å². The molecule has 6 heteroatoms. The maximum atomic E-state index is 12.2. The van der Waals surface area contributed by atoms with Crippen molar-refractivity contribution in [2.45, 2.75) is 32.2 Å². The van der Waals surface area contributed by atoms with Gasteiger partial charge in [0.15, 0.2) is 0 Å². The van der Waals surface area contributed by atoms with Crippen molar-refractivity contribution >= 4 is 5.91 Å². The van der Waals surface area contributed by atoms with Gasteiger partial charge in [0.05, 0.1) is 0 Å². The van der Waals surface area contributed by atoms with Crippen LogP contribution in [-0.4, -0.2) is 51.6 Å². The van der Waals surface area contributed by atoms with Crippen LogP contribution in [0.15, 0.2) is 36.9 Å². The molecule has 0 saturated carbocycles. The molecule has 1 atom stereocenters. The van der Waals surface area contributed by atoms with Gasteiger partial charge >= 0.3 is 0 Å². The molecule has 2 aromatic heterocycles. The maximum absolute atomic E-state index is 12.2. The topological polar surface area (TPSA) is 60.2 Å². The molecule has 0 N–H and O–H groups in total. The molecule has 0 radical (unpaired) electrons. The third-order valence-electron chi connectivity index (χ3n) is 4.42. The number of amides is 1. The Morgan fingerprint density at radius 2 is 2.17 bits per heavy atom. The van der Waals surface area contributed by atoms with Crippen LogP contribution in [0.1, 0.15) is 37.1 Å². The molecule has 1 saturated heterocycles. The van der Waals surface area contributed by atoms with Crippen molar-refractivity contribution in [2.75, 3.05) is 26.3 Å². The predicted octanol–water partition coefficient (Wildman–Crippen LogP) is 2.07. The number of rotatable bonds is 6. The fourth-order valence-electron chi connectivity index (χ4n) is 3.19. The zero-order valence-corrected chi connectivity index (χ0v) is 14.1. The predicted molar refractivity (Wildman–Crippen MR) is 90.6 cm³/mol. The second-order valence-corrected chi connectivity index (χ2v) is 6.08. The minimum atomic E-state index is 0.0776. The van der Waals surface area contributed by atoms with E-state index >= 15 is 0 Å². The van der Waals surface area contributed by atoms with Crippen LogP contribution in [0.25, 0.3) is 0 Å². The summed E-state index contributed by atoms with van der Waals surface area (Å²) in [7, 11) is 0. The van der Waals surface area contributed by atoms with Gasteiger partial charge in [-0.3, -0.25) is 9.78 Å². The quantitative estimate of drug-likeness (QED) is 0.814. The van der Waals surface area contributed by atoms with E-state index in [1.165, 1.54) is 5.56 Å². The summed E-state index contributed by atoms with van der Waals surface area (Å²) in [4.78, 5) is 22.8. The van der Waals surface area contributed by atoms with E-state index in [0.717, 1.165) is 38.3 Å². The summed E-state index contributed by atoms with van der Waals surface area (Å²) in [6, 6.07) is 4.03. The van der Waals surface area contributed by atoms with Crippen LogP contribution in [0.5, 0.6) is 0 Å². The number of carbonyl (C=O) groups is 1. The van der Waals surface area contributed by atoms with Gasteiger partial charge in [-0.2, -0.15) is 0 Å². The Labute approximate surface area is 142 Å². The van der Waals surface area contributed by atoms with Crippen molar-refractivity contribution in [3.05, 3.63) is 48.3 Å². The molecule has 0 bridgehead atoms. The summed E-state index contributed by atoms with van der Waals surface area (Å²) in [5, 5.41) is 0. The minimum Gasteiger partial charge on any atom is -0.372 e. The van der Waals surface area contributed by atoms with Crippen LogP contribution in [0, 0.1) is 0 Å². The first-order valence-corrected chi connectivity index (χ1v) is 8.53. The highest BCUT2D eigenvalue weighted by Gasteiger charge is 2.27. The number of imidazole rings is 1. The molecule has 3 rings (SSSR count). The largest absolute Gasteiger partial charge is 0.372 e. The van der Waals surface area contributed by atoms with Crippen molar-refractivity contribution in [1.82, 2.24) is 19.4 Å². The van der Waals surface area contributed by atoms with Crippen LogP contribution in [-0.2, 0) is 16.1 Å². The summed E-state index contributed by atoms with van der Waals surface area (Å²) in [5.74, 6) is 1.41. The van der Waals surface area contributed by atoms with Gasteiger partial charge in [-0.1, -0.05) is 0 Å². The van der Waals surface area contributed by atoms with E-state index in [1.54, 1.807) is 12.4 Å². The zero-order chi connectivity index (χ0) is 16.8. The Kier molecular flexibility index (Phi) is 5.59. The van der Waals surface area contributed by atoms with E-state index in [2.05, 4.69) is 14.5 Å². The first-order valence-electron chi connectivity index (χ1n) is 8.53. The van der Waals surface area contributed by atoms with Crippen molar-refractivity contribution in [1.29, 1.82) is 0 Å². The number of carbonyl (C=O) groups excluding carboxylic acids is 1. The molecule has 1 fully saturated rings. The lowest BCUT2D eigenvalue weighted by atomic mass is 9.97. The maximum Gasteiger partial charge on any atom is 0.248 e. The lowest BCUT2D eigenvalue weighted by Crippen LogP contribution is -2.41. The lowest BCUT2D eigenvalue weighted by Gasteiger charge is -2.32. The number of ether oxygens (including phenoxy) is 1. The summed E-state index contributed by atoms with van der Waals surface area (Å²) >= 11 is 0. The molecule has 1 amide bonds. The number of piperidine rings is 1. The van der Waals surface area contributed by atoms with Gasteiger partial charge in [-0.15, -0.1) is 0 Å². The molecule has 6 nitrogen and oxygen atoms in total. The molecule has 1 aliphatic heterocycles. The first-order chi connectivity index (χ1) is 11.8. The second-order valence-electron chi connectivity index (χ2n) is 6.08. The minimum absolute atomic E-state index is 0.0776.